The zero-order valence-electron chi connectivity index (χ0n) is 9.15. The lowest BCUT2D eigenvalue weighted by atomic mass is 10.1. The molecule has 1 heterocycles. The molecule has 1 aromatic carbocycles. The maximum Gasteiger partial charge on any atom is 0.254 e. The fourth-order valence-corrected chi connectivity index (χ4v) is 3.23. The van der Waals surface area contributed by atoms with Crippen LogP contribution in [0.25, 0.3) is 0 Å². The molecule has 1 atom stereocenters. The van der Waals surface area contributed by atoms with Crippen LogP contribution in [-0.4, -0.2) is 34.9 Å². The molecule has 1 aliphatic rings. The fraction of sp³-hybridized carbons (Fsp3) is 0.417. The summed E-state index contributed by atoms with van der Waals surface area (Å²) in [5.74, 6) is 2.23. The number of benzene rings is 1. The lowest BCUT2D eigenvalue weighted by Gasteiger charge is -2.33. The highest BCUT2D eigenvalue weighted by Crippen LogP contribution is 2.20. The molecule has 16 heavy (non-hydrogen) atoms. The second kappa shape index (κ2) is 5.23. The molecule has 1 unspecified atom stereocenters. The van der Waals surface area contributed by atoms with Gasteiger partial charge in [-0.3, -0.25) is 4.79 Å². The predicted molar refractivity (Wildman–Crippen MR) is 72.0 cm³/mol. The van der Waals surface area contributed by atoms with Crippen LogP contribution in [0.1, 0.15) is 17.3 Å². The summed E-state index contributed by atoms with van der Waals surface area (Å²) in [7, 11) is 0. The van der Waals surface area contributed by atoms with Gasteiger partial charge in [0.2, 0.25) is 0 Å². The second-order valence-corrected chi connectivity index (χ2v) is 6.00. The molecule has 1 aliphatic heterocycles. The molecule has 2 rings (SSSR count). The Morgan fingerprint density at radius 3 is 3.06 bits per heavy atom. The van der Waals surface area contributed by atoms with Crippen LogP contribution >= 0.6 is 27.7 Å². The number of rotatable bonds is 1. The zero-order valence-corrected chi connectivity index (χ0v) is 11.6. The first-order valence-electron chi connectivity index (χ1n) is 5.33. The third kappa shape index (κ3) is 2.61. The van der Waals surface area contributed by atoms with E-state index in [1.807, 2.05) is 40.9 Å². The van der Waals surface area contributed by atoms with Crippen molar-refractivity contribution in [2.24, 2.45) is 0 Å². The molecular formula is C12H14BrNOS. The average Bonchev–Trinajstić information content (AvgIpc) is 2.29. The van der Waals surface area contributed by atoms with E-state index in [0.29, 0.717) is 6.04 Å². The largest absolute Gasteiger partial charge is 0.334 e. The Labute approximate surface area is 109 Å². The highest BCUT2D eigenvalue weighted by atomic mass is 79.9. The third-order valence-electron chi connectivity index (χ3n) is 2.70. The number of hydrogen-bond acceptors (Lipinski definition) is 2. The Morgan fingerprint density at radius 1 is 1.56 bits per heavy atom. The van der Waals surface area contributed by atoms with E-state index < -0.39 is 0 Å². The Hall–Kier alpha value is -0.480. The molecule has 1 amide bonds. The number of halogens is 1. The van der Waals surface area contributed by atoms with Gasteiger partial charge in [-0.15, -0.1) is 0 Å². The summed E-state index contributed by atoms with van der Waals surface area (Å²) in [6.45, 7) is 2.97. The van der Waals surface area contributed by atoms with Gasteiger partial charge in [0.05, 0.1) is 0 Å². The molecule has 0 spiro atoms. The van der Waals surface area contributed by atoms with Gasteiger partial charge in [0.15, 0.2) is 0 Å². The van der Waals surface area contributed by atoms with Crippen LogP contribution in [0.15, 0.2) is 28.7 Å². The van der Waals surface area contributed by atoms with Crippen molar-refractivity contribution in [1.82, 2.24) is 4.90 Å². The normalized spacial score (nSPS) is 20.9. The van der Waals surface area contributed by atoms with Gasteiger partial charge in [0, 0.05) is 34.1 Å². The van der Waals surface area contributed by atoms with Gasteiger partial charge < -0.3 is 4.90 Å². The van der Waals surface area contributed by atoms with Crippen LogP contribution in [0.3, 0.4) is 0 Å². The van der Waals surface area contributed by atoms with Crippen molar-refractivity contribution in [3.63, 3.8) is 0 Å². The molecule has 0 aromatic heterocycles. The van der Waals surface area contributed by atoms with E-state index in [1.165, 1.54) is 0 Å². The minimum atomic E-state index is 0.147. The van der Waals surface area contributed by atoms with Gasteiger partial charge in [0.1, 0.15) is 0 Å². The number of thioether (sulfide) groups is 1. The van der Waals surface area contributed by atoms with Crippen LogP contribution in [0.2, 0.25) is 0 Å². The number of amides is 1. The van der Waals surface area contributed by atoms with E-state index in [0.717, 1.165) is 28.1 Å². The SMILES string of the molecule is CC1CSCCN1C(=O)c1cccc(Br)c1. The maximum atomic E-state index is 12.3. The molecule has 86 valence electrons. The zero-order chi connectivity index (χ0) is 11.5. The number of nitrogens with zero attached hydrogens (tertiary/aromatic N) is 1. The highest BCUT2D eigenvalue weighted by Gasteiger charge is 2.24. The first kappa shape index (κ1) is 12.0. The monoisotopic (exact) mass is 299 g/mol. The van der Waals surface area contributed by atoms with E-state index >= 15 is 0 Å². The second-order valence-electron chi connectivity index (χ2n) is 3.93. The Bertz CT molecular complexity index is 396. The van der Waals surface area contributed by atoms with Crippen LogP contribution in [0, 0.1) is 0 Å². The van der Waals surface area contributed by atoms with Gasteiger partial charge >= 0.3 is 0 Å². The molecule has 0 radical (unpaired) electrons. The fourth-order valence-electron chi connectivity index (χ4n) is 1.82. The molecule has 0 bridgehead atoms. The molecule has 0 aliphatic carbocycles. The lowest BCUT2D eigenvalue weighted by Crippen LogP contribution is -2.44. The first-order valence-corrected chi connectivity index (χ1v) is 7.27. The summed E-state index contributed by atoms with van der Waals surface area (Å²) in [6.07, 6.45) is 0. The van der Waals surface area contributed by atoms with Crippen molar-refractivity contribution in [2.45, 2.75) is 13.0 Å². The van der Waals surface area contributed by atoms with Crippen LogP contribution < -0.4 is 0 Å². The molecule has 1 saturated heterocycles. The third-order valence-corrected chi connectivity index (χ3v) is 4.38. The van der Waals surface area contributed by atoms with E-state index in [-0.39, 0.29) is 5.91 Å². The van der Waals surface area contributed by atoms with Gasteiger partial charge in [0.25, 0.3) is 5.91 Å². The highest BCUT2D eigenvalue weighted by molar-refractivity contribution is 9.10. The van der Waals surface area contributed by atoms with Crippen molar-refractivity contribution < 1.29 is 4.79 Å². The standard InChI is InChI=1S/C12H14BrNOS/c1-9-8-16-6-5-14(9)12(15)10-3-2-4-11(13)7-10/h2-4,7,9H,5-6,8H2,1H3. The average molecular weight is 300 g/mol. The maximum absolute atomic E-state index is 12.3. The van der Waals surface area contributed by atoms with Crippen LogP contribution in [0.4, 0.5) is 0 Å². The summed E-state index contributed by atoms with van der Waals surface area (Å²) in [6, 6.07) is 7.94. The smallest absolute Gasteiger partial charge is 0.254 e. The van der Waals surface area contributed by atoms with Gasteiger partial charge in [-0.1, -0.05) is 22.0 Å². The van der Waals surface area contributed by atoms with E-state index in [9.17, 15) is 4.79 Å². The number of carbonyl (C=O) groups is 1. The van der Waals surface area contributed by atoms with Gasteiger partial charge in [-0.2, -0.15) is 11.8 Å². The first-order chi connectivity index (χ1) is 7.68. The van der Waals surface area contributed by atoms with Crippen LogP contribution in [-0.2, 0) is 0 Å². The Morgan fingerprint density at radius 2 is 2.38 bits per heavy atom. The van der Waals surface area contributed by atoms with Crippen molar-refractivity contribution in [1.29, 1.82) is 0 Å². The van der Waals surface area contributed by atoms with E-state index in [4.69, 9.17) is 0 Å². The topological polar surface area (TPSA) is 20.3 Å². The molecular weight excluding hydrogens is 286 g/mol. The molecule has 2 nitrogen and oxygen atoms in total. The summed E-state index contributed by atoms with van der Waals surface area (Å²) in [4.78, 5) is 14.2. The molecule has 1 aromatic rings. The van der Waals surface area contributed by atoms with Crippen molar-refractivity contribution in [3.8, 4) is 0 Å². The Kier molecular flexibility index (Phi) is 3.92. The molecule has 0 saturated carbocycles. The lowest BCUT2D eigenvalue weighted by molar-refractivity contribution is 0.0716. The Balaban J connectivity index is 2.17. The minimum absolute atomic E-state index is 0.147. The van der Waals surface area contributed by atoms with E-state index in [1.54, 1.807) is 0 Å². The van der Waals surface area contributed by atoms with Crippen molar-refractivity contribution >= 4 is 33.6 Å². The minimum Gasteiger partial charge on any atom is -0.334 e. The van der Waals surface area contributed by atoms with Gasteiger partial charge in [-0.05, 0) is 25.1 Å². The molecule has 1 fully saturated rings. The predicted octanol–water partition coefficient (Wildman–Crippen LogP) is 3.03. The number of carbonyl (C=O) groups excluding carboxylic acids is 1. The molecule has 4 heteroatoms. The van der Waals surface area contributed by atoms with Crippen molar-refractivity contribution in [3.05, 3.63) is 34.3 Å². The van der Waals surface area contributed by atoms with Crippen LogP contribution in [0.5, 0.6) is 0 Å². The van der Waals surface area contributed by atoms with Gasteiger partial charge in [-0.25, -0.2) is 0 Å². The summed E-state index contributed by atoms with van der Waals surface area (Å²) in [5.41, 5.74) is 0.771. The summed E-state index contributed by atoms with van der Waals surface area (Å²) in [5, 5.41) is 0. The van der Waals surface area contributed by atoms with E-state index in [2.05, 4.69) is 22.9 Å². The summed E-state index contributed by atoms with van der Waals surface area (Å²) >= 11 is 5.31. The number of hydrogen-bond donors (Lipinski definition) is 0. The van der Waals surface area contributed by atoms with Crippen molar-refractivity contribution in [2.75, 3.05) is 18.1 Å². The summed E-state index contributed by atoms with van der Waals surface area (Å²) < 4.78 is 0.956. The molecule has 0 N–H and O–H groups in total. The quantitative estimate of drug-likeness (QED) is 0.794.